The second-order valence-electron chi connectivity index (χ2n) is 16.3. The lowest BCUT2D eigenvalue weighted by atomic mass is 10.0. The monoisotopic (exact) mass is 819 g/mol. The molecule has 5 aromatic heterocycles. The number of para-hydroxylation sites is 4. The molecule has 0 amide bonds. The molecule has 0 aliphatic heterocycles. The Morgan fingerprint density at radius 1 is 0.297 bits per heavy atom. The topological polar surface area (TPSA) is 74.8 Å². The Morgan fingerprint density at radius 2 is 0.750 bits per heavy atom. The van der Waals surface area contributed by atoms with Crippen LogP contribution in [0.25, 0.3) is 133 Å². The molecule has 9 aromatic carbocycles. The number of furan rings is 2. The van der Waals surface area contributed by atoms with Gasteiger partial charge in [0.15, 0.2) is 17.5 Å². The van der Waals surface area contributed by atoms with Gasteiger partial charge < -0.3 is 18.0 Å². The highest BCUT2D eigenvalue weighted by molar-refractivity contribution is 6.15. The summed E-state index contributed by atoms with van der Waals surface area (Å²) in [6.07, 6.45) is 0. The molecule has 0 saturated carbocycles. The van der Waals surface area contributed by atoms with Crippen LogP contribution in [-0.4, -0.2) is 24.1 Å². The van der Waals surface area contributed by atoms with Gasteiger partial charge in [0.25, 0.3) is 0 Å². The van der Waals surface area contributed by atoms with Gasteiger partial charge in [-0.2, -0.15) is 0 Å². The van der Waals surface area contributed by atoms with Gasteiger partial charge in [-0.05, 0) is 66.7 Å². The number of nitrogens with zero attached hydrogens (tertiary/aromatic N) is 5. The Bertz CT molecular complexity index is 4160. The first-order valence-corrected chi connectivity index (χ1v) is 21.4. The van der Waals surface area contributed by atoms with Crippen LogP contribution in [0.5, 0.6) is 0 Å². The molecule has 0 spiro atoms. The summed E-state index contributed by atoms with van der Waals surface area (Å²) in [6, 6.07) is 69.7. The summed E-state index contributed by atoms with van der Waals surface area (Å²) in [5.41, 5.74) is 12.5. The Balaban J connectivity index is 0.945. The van der Waals surface area contributed by atoms with E-state index in [1.807, 2.05) is 72.8 Å². The predicted octanol–water partition coefficient (Wildman–Crippen LogP) is 14.9. The van der Waals surface area contributed by atoms with Crippen molar-refractivity contribution in [2.75, 3.05) is 0 Å². The molecule has 0 aliphatic rings. The van der Waals surface area contributed by atoms with Crippen molar-refractivity contribution >= 4 is 87.5 Å². The number of hydrogen-bond acceptors (Lipinski definition) is 5. The third-order valence-electron chi connectivity index (χ3n) is 12.8. The third kappa shape index (κ3) is 5.06. The standard InChI is InChI=1S/C57H33N5O2/c1-2-14-34(15-3-1)55-58-56(42-20-12-26-50-53(42)40-19-7-11-25-49(40)63-50)60-57(59-55)43-21-13-27-51-54(43)41-30-28-36(33-52(41)64-51)62-47-24-10-6-18-39(47)44-32-35(29-31-48(44)62)61-45-22-8-4-16-37(45)38-17-5-9-23-46(38)61/h1-33H. The summed E-state index contributed by atoms with van der Waals surface area (Å²) in [7, 11) is 0. The minimum Gasteiger partial charge on any atom is -0.456 e. The van der Waals surface area contributed by atoms with Crippen molar-refractivity contribution in [3.05, 3.63) is 200 Å². The largest absolute Gasteiger partial charge is 0.456 e. The lowest BCUT2D eigenvalue weighted by Crippen LogP contribution is -2.00. The normalized spacial score (nSPS) is 12.1. The zero-order valence-electron chi connectivity index (χ0n) is 34.1. The zero-order valence-corrected chi connectivity index (χ0v) is 34.1. The first-order valence-electron chi connectivity index (χ1n) is 21.4. The van der Waals surface area contributed by atoms with E-state index in [1.54, 1.807) is 0 Å². The van der Waals surface area contributed by atoms with Gasteiger partial charge in [-0.25, -0.2) is 15.0 Å². The Morgan fingerprint density at radius 3 is 1.39 bits per heavy atom. The summed E-state index contributed by atoms with van der Waals surface area (Å²) in [5, 5.41) is 8.78. The van der Waals surface area contributed by atoms with E-state index < -0.39 is 0 Å². The van der Waals surface area contributed by atoms with E-state index in [0.29, 0.717) is 17.5 Å². The minimum absolute atomic E-state index is 0.562. The molecule has 5 heterocycles. The van der Waals surface area contributed by atoms with Crippen molar-refractivity contribution in [3.8, 4) is 45.5 Å². The number of aromatic nitrogens is 5. The molecule has 14 rings (SSSR count). The van der Waals surface area contributed by atoms with E-state index in [1.165, 1.54) is 32.6 Å². The molecule has 0 radical (unpaired) electrons. The third-order valence-corrected chi connectivity index (χ3v) is 12.8. The smallest absolute Gasteiger partial charge is 0.164 e. The van der Waals surface area contributed by atoms with Gasteiger partial charge in [0.1, 0.15) is 22.3 Å². The SMILES string of the molecule is c1ccc(-c2nc(-c3cccc4oc5ccccc5c34)nc(-c3cccc4oc5cc(-n6c7ccccc7c7cc(-n8c9ccccc9c9ccccc98)ccc76)ccc5c34)n2)cc1. The number of fused-ring (bicyclic) bond motifs is 12. The Labute approximate surface area is 364 Å². The van der Waals surface area contributed by atoms with E-state index in [-0.39, 0.29) is 0 Å². The maximum Gasteiger partial charge on any atom is 0.164 e. The molecule has 0 atom stereocenters. The average Bonchev–Trinajstić information content (AvgIpc) is 4.11. The molecule has 14 aromatic rings. The molecule has 0 saturated heterocycles. The van der Waals surface area contributed by atoms with E-state index in [0.717, 1.165) is 83.0 Å². The van der Waals surface area contributed by atoms with Crippen molar-refractivity contribution in [2.24, 2.45) is 0 Å². The molecule has 0 unspecified atom stereocenters. The van der Waals surface area contributed by atoms with Gasteiger partial charge in [0, 0.05) is 77.2 Å². The summed E-state index contributed by atoms with van der Waals surface area (Å²) >= 11 is 0. The maximum atomic E-state index is 6.75. The maximum absolute atomic E-state index is 6.75. The van der Waals surface area contributed by atoms with Crippen molar-refractivity contribution in [1.82, 2.24) is 24.1 Å². The van der Waals surface area contributed by atoms with E-state index in [4.69, 9.17) is 23.8 Å². The van der Waals surface area contributed by atoms with E-state index in [2.05, 4.69) is 137 Å². The quantitative estimate of drug-likeness (QED) is 0.173. The molecule has 0 fully saturated rings. The van der Waals surface area contributed by atoms with Gasteiger partial charge >= 0.3 is 0 Å². The average molecular weight is 820 g/mol. The van der Waals surface area contributed by atoms with Crippen LogP contribution in [0.15, 0.2) is 209 Å². The van der Waals surface area contributed by atoms with E-state index in [9.17, 15) is 0 Å². The van der Waals surface area contributed by atoms with E-state index >= 15 is 0 Å². The van der Waals surface area contributed by atoms with Gasteiger partial charge in [-0.15, -0.1) is 0 Å². The highest BCUT2D eigenvalue weighted by Crippen LogP contribution is 2.42. The van der Waals surface area contributed by atoms with Crippen LogP contribution in [0.4, 0.5) is 0 Å². The van der Waals surface area contributed by atoms with Crippen molar-refractivity contribution in [2.45, 2.75) is 0 Å². The van der Waals surface area contributed by atoms with Crippen LogP contribution in [-0.2, 0) is 0 Å². The fraction of sp³-hybridized carbons (Fsp3) is 0. The summed E-state index contributed by atoms with van der Waals surface area (Å²) < 4.78 is 17.8. The Hall–Kier alpha value is -8.81. The molecule has 7 heteroatoms. The minimum atomic E-state index is 0.562. The first-order chi connectivity index (χ1) is 31.7. The predicted molar refractivity (Wildman–Crippen MR) is 259 cm³/mol. The number of hydrogen-bond donors (Lipinski definition) is 0. The highest BCUT2D eigenvalue weighted by atomic mass is 16.3. The van der Waals surface area contributed by atoms with Crippen LogP contribution in [0.2, 0.25) is 0 Å². The van der Waals surface area contributed by atoms with Crippen molar-refractivity contribution in [3.63, 3.8) is 0 Å². The van der Waals surface area contributed by atoms with Crippen molar-refractivity contribution < 1.29 is 8.83 Å². The number of rotatable bonds is 5. The van der Waals surface area contributed by atoms with Crippen molar-refractivity contribution in [1.29, 1.82) is 0 Å². The second-order valence-corrected chi connectivity index (χ2v) is 16.3. The molecular formula is C57H33N5O2. The summed E-state index contributed by atoms with van der Waals surface area (Å²) in [5.74, 6) is 1.72. The molecule has 64 heavy (non-hydrogen) atoms. The van der Waals surface area contributed by atoms with Crippen LogP contribution in [0.3, 0.4) is 0 Å². The first kappa shape index (κ1) is 34.9. The fourth-order valence-electron chi connectivity index (χ4n) is 10.0. The molecule has 298 valence electrons. The second kappa shape index (κ2) is 13.3. The molecular weight excluding hydrogens is 787 g/mol. The van der Waals surface area contributed by atoms with Gasteiger partial charge in [0.2, 0.25) is 0 Å². The van der Waals surface area contributed by atoms with Gasteiger partial charge in [0.05, 0.1) is 22.1 Å². The summed E-state index contributed by atoms with van der Waals surface area (Å²) in [6.45, 7) is 0. The van der Waals surface area contributed by atoms with Crippen LogP contribution >= 0.6 is 0 Å². The molecule has 0 bridgehead atoms. The Kier molecular flexibility index (Phi) is 7.27. The molecule has 0 aliphatic carbocycles. The van der Waals surface area contributed by atoms with Crippen LogP contribution in [0, 0.1) is 0 Å². The highest BCUT2D eigenvalue weighted by Gasteiger charge is 2.22. The summed E-state index contributed by atoms with van der Waals surface area (Å²) in [4.78, 5) is 15.5. The lowest BCUT2D eigenvalue weighted by Gasteiger charge is -2.11. The zero-order chi connectivity index (χ0) is 41.9. The van der Waals surface area contributed by atoms with Gasteiger partial charge in [-0.3, -0.25) is 0 Å². The van der Waals surface area contributed by atoms with Crippen LogP contribution < -0.4 is 0 Å². The van der Waals surface area contributed by atoms with Crippen LogP contribution in [0.1, 0.15) is 0 Å². The van der Waals surface area contributed by atoms with Gasteiger partial charge in [-0.1, -0.05) is 127 Å². The lowest BCUT2D eigenvalue weighted by molar-refractivity contribution is 0.668. The molecule has 0 N–H and O–H groups in total. The number of benzene rings is 9. The fourth-order valence-corrected chi connectivity index (χ4v) is 10.0. The molecule has 7 nitrogen and oxygen atoms in total.